The molecule has 0 radical (unpaired) electrons. The number of ether oxygens (including phenoxy) is 1. The molecule has 1 N–H and O–H groups in total. The van der Waals surface area contributed by atoms with Gasteiger partial charge in [-0.1, -0.05) is 6.07 Å². The highest BCUT2D eigenvalue weighted by Gasteiger charge is 2.04. The molecule has 0 aliphatic rings. The molecular formula is C12H10N4O. The second-order valence-electron chi connectivity index (χ2n) is 3.61. The van der Waals surface area contributed by atoms with E-state index in [9.17, 15) is 0 Å². The third kappa shape index (κ3) is 1.71. The minimum absolute atomic E-state index is 0.515. The van der Waals surface area contributed by atoms with Crippen molar-refractivity contribution in [1.82, 2.24) is 19.9 Å². The third-order valence-corrected chi connectivity index (χ3v) is 2.55. The second kappa shape index (κ2) is 3.86. The molecule has 2 aromatic heterocycles. The Morgan fingerprint density at radius 2 is 1.94 bits per heavy atom. The molecule has 1 aromatic carbocycles. The van der Waals surface area contributed by atoms with Gasteiger partial charge in [0, 0.05) is 18.0 Å². The SMILES string of the molecule is COc1nc2ccc(-c3cncnc3)cc2[nH]1. The van der Waals surface area contributed by atoms with Crippen LogP contribution in [0.5, 0.6) is 6.01 Å². The molecule has 2 heterocycles. The van der Waals surface area contributed by atoms with Crippen molar-refractivity contribution in [3.8, 4) is 17.1 Å². The topological polar surface area (TPSA) is 63.7 Å². The first-order chi connectivity index (χ1) is 8.36. The van der Waals surface area contributed by atoms with E-state index in [2.05, 4.69) is 19.9 Å². The number of H-pyrrole nitrogens is 1. The van der Waals surface area contributed by atoms with E-state index in [4.69, 9.17) is 4.74 Å². The summed E-state index contributed by atoms with van der Waals surface area (Å²) >= 11 is 0. The molecule has 0 amide bonds. The predicted molar refractivity (Wildman–Crippen MR) is 63.7 cm³/mol. The number of fused-ring (bicyclic) bond motifs is 1. The van der Waals surface area contributed by atoms with Crippen LogP contribution in [0.25, 0.3) is 22.2 Å². The van der Waals surface area contributed by atoms with Gasteiger partial charge < -0.3 is 9.72 Å². The molecule has 0 atom stereocenters. The van der Waals surface area contributed by atoms with Gasteiger partial charge in [-0.05, 0) is 17.7 Å². The number of benzene rings is 1. The molecule has 3 aromatic rings. The zero-order valence-electron chi connectivity index (χ0n) is 9.21. The summed E-state index contributed by atoms with van der Waals surface area (Å²) in [5.74, 6) is 0. The molecule has 0 saturated carbocycles. The van der Waals surface area contributed by atoms with Crippen LogP contribution in [0, 0.1) is 0 Å². The van der Waals surface area contributed by atoms with Crippen LogP contribution in [0.15, 0.2) is 36.9 Å². The fraction of sp³-hybridized carbons (Fsp3) is 0.0833. The molecule has 84 valence electrons. The fourth-order valence-electron chi connectivity index (χ4n) is 1.71. The number of nitrogens with zero attached hydrogens (tertiary/aromatic N) is 3. The lowest BCUT2D eigenvalue weighted by Crippen LogP contribution is -1.82. The Labute approximate surface area is 97.5 Å². The lowest BCUT2D eigenvalue weighted by molar-refractivity contribution is 0.386. The molecule has 0 saturated heterocycles. The highest BCUT2D eigenvalue weighted by atomic mass is 16.5. The van der Waals surface area contributed by atoms with Crippen LogP contribution >= 0.6 is 0 Å². The molecule has 0 aliphatic heterocycles. The number of nitrogens with one attached hydrogen (secondary N) is 1. The number of hydrogen-bond donors (Lipinski definition) is 1. The fourth-order valence-corrected chi connectivity index (χ4v) is 1.71. The van der Waals surface area contributed by atoms with E-state index in [-0.39, 0.29) is 0 Å². The monoisotopic (exact) mass is 226 g/mol. The van der Waals surface area contributed by atoms with Crippen LogP contribution in [0.2, 0.25) is 0 Å². The first-order valence-electron chi connectivity index (χ1n) is 5.16. The number of methoxy groups -OCH3 is 1. The standard InChI is InChI=1S/C12H10N4O/c1-17-12-15-10-3-2-8(4-11(10)16-12)9-5-13-7-14-6-9/h2-7H,1H3,(H,15,16). The highest BCUT2D eigenvalue weighted by Crippen LogP contribution is 2.23. The number of aromatic nitrogens is 4. The maximum atomic E-state index is 5.05. The molecule has 0 bridgehead atoms. The van der Waals surface area contributed by atoms with Crippen molar-refractivity contribution in [2.45, 2.75) is 0 Å². The molecule has 0 aliphatic carbocycles. The average molecular weight is 226 g/mol. The van der Waals surface area contributed by atoms with E-state index in [1.807, 2.05) is 18.2 Å². The molecule has 0 spiro atoms. The van der Waals surface area contributed by atoms with Gasteiger partial charge in [-0.3, -0.25) is 0 Å². The van der Waals surface area contributed by atoms with E-state index in [1.165, 1.54) is 6.33 Å². The summed E-state index contributed by atoms with van der Waals surface area (Å²) in [6, 6.07) is 6.45. The number of hydrogen-bond acceptors (Lipinski definition) is 4. The molecule has 17 heavy (non-hydrogen) atoms. The van der Waals surface area contributed by atoms with Gasteiger partial charge in [0.1, 0.15) is 6.33 Å². The maximum Gasteiger partial charge on any atom is 0.294 e. The first kappa shape index (κ1) is 9.77. The van der Waals surface area contributed by atoms with Gasteiger partial charge >= 0.3 is 0 Å². The zero-order chi connectivity index (χ0) is 11.7. The van der Waals surface area contributed by atoms with Gasteiger partial charge in [-0.25, -0.2) is 9.97 Å². The number of rotatable bonds is 2. The summed E-state index contributed by atoms with van der Waals surface area (Å²) in [5.41, 5.74) is 3.83. The second-order valence-corrected chi connectivity index (χ2v) is 3.61. The highest BCUT2D eigenvalue weighted by molar-refractivity contribution is 5.82. The molecule has 5 nitrogen and oxygen atoms in total. The van der Waals surface area contributed by atoms with Gasteiger partial charge in [0.05, 0.1) is 18.1 Å². The molecule has 3 rings (SSSR count). The van der Waals surface area contributed by atoms with Crippen molar-refractivity contribution < 1.29 is 4.74 Å². The largest absolute Gasteiger partial charge is 0.468 e. The average Bonchev–Trinajstić information content (AvgIpc) is 2.81. The van der Waals surface area contributed by atoms with Gasteiger partial charge in [0.15, 0.2) is 0 Å². The van der Waals surface area contributed by atoms with Crippen LogP contribution in [-0.2, 0) is 0 Å². The summed E-state index contributed by atoms with van der Waals surface area (Å²) in [6.07, 6.45) is 5.07. The zero-order valence-corrected chi connectivity index (χ0v) is 9.21. The Morgan fingerprint density at radius 1 is 1.12 bits per heavy atom. The normalized spacial score (nSPS) is 10.6. The minimum atomic E-state index is 0.515. The van der Waals surface area contributed by atoms with Crippen LogP contribution in [0.4, 0.5) is 0 Å². The molecule has 0 unspecified atom stereocenters. The van der Waals surface area contributed by atoms with Gasteiger partial charge in [-0.2, -0.15) is 4.98 Å². The Balaban J connectivity index is 2.13. The van der Waals surface area contributed by atoms with Gasteiger partial charge in [0.2, 0.25) is 0 Å². The van der Waals surface area contributed by atoms with Crippen molar-refractivity contribution in [1.29, 1.82) is 0 Å². The van der Waals surface area contributed by atoms with Crippen LogP contribution in [0.1, 0.15) is 0 Å². The van der Waals surface area contributed by atoms with E-state index >= 15 is 0 Å². The van der Waals surface area contributed by atoms with Crippen molar-refractivity contribution in [3.05, 3.63) is 36.9 Å². The smallest absolute Gasteiger partial charge is 0.294 e. The summed E-state index contributed by atoms with van der Waals surface area (Å²) < 4.78 is 5.05. The Morgan fingerprint density at radius 3 is 2.71 bits per heavy atom. The third-order valence-electron chi connectivity index (χ3n) is 2.55. The van der Waals surface area contributed by atoms with Crippen molar-refractivity contribution in [2.75, 3.05) is 7.11 Å². The first-order valence-corrected chi connectivity index (χ1v) is 5.16. The van der Waals surface area contributed by atoms with Crippen molar-refractivity contribution >= 4 is 11.0 Å². The van der Waals surface area contributed by atoms with Crippen molar-refractivity contribution in [2.24, 2.45) is 0 Å². The van der Waals surface area contributed by atoms with Gasteiger partial charge in [-0.15, -0.1) is 0 Å². The molecular weight excluding hydrogens is 216 g/mol. The predicted octanol–water partition coefficient (Wildman–Crippen LogP) is 2.03. The quantitative estimate of drug-likeness (QED) is 0.726. The Kier molecular flexibility index (Phi) is 2.22. The van der Waals surface area contributed by atoms with Crippen LogP contribution in [0.3, 0.4) is 0 Å². The van der Waals surface area contributed by atoms with E-state index in [1.54, 1.807) is 19.5 Å². The lowest BCUT2D eigenvalue weighted by Gasteiger charge is -1.99. The summed E-state index contributed by atoms with van der Waals surface area (Å²) in [7, 11) is 1.59. The van der Waals surface area contributed by atoms with E-state index < -0.39 is 0 Å². The summed E-state index contributed by atoms with van der Waals surface area (Å²) in [4.78, 5) is 15.3. The Bertz CT molecular complexity index is 648. The van der Waals surface area contributed by atoms with Gasteiger partial charge in [0.25, 0.3) is 6.01 Å². The van der Waals surface area contributed by atoms with Crippen LogP contribution < -0.4 is 4.74 Å². The molecule has 5 heteroatoms. The van der Waals surface area contributed by atoms with E-state index in [0.717, 1.165) is 22.2 Å². The Hall–Kier alpha value is -2.43. The lowest BCUT2D eigenvalue weighted by atomic mass is 10.1. The summed E-state index contributed by atoms with van der Waals surface area (Å²) in [6.45, 7) is 0. The van der Waals surface area contributed by atoms with E-state index in [0.29, 0.717) is 6.01 Å². The molecule has 0 fully saturated rings. The minimum Gasteiger partial charge on any atom is -0.468 e. The number of aromatic amines is 1. The van der Waals surface area contributed by atoms with Crippen LogP contribution in [-0.4, -0.2) is 27.0 Å². The van der Waals surface area contributed by atoms with Crippen molar-refractivity contribution in [3.63, 3.8) is 0 Å². The summed E-state index contributed by atoms with van der Waals surface area (Å²) in [5, 5.41) is 0. The maximum absolute atomic E-state index is 5.05. The number of imidazole rings is 1.